The first-order chi connectivity index (χ1) is 7.03. The van der Waals surface area contributed by atoms with Gasteiger partial charge >= 0.3 is 0 Å². The van der Waals surface area contributed by atoms with Crippen molar-refractivity contribution in [3.63, 3.8) is 0 Å². The van der Waals surface area contributed by atoms with Gasteiger partial charge in [0.05, 0.1) is 5.75 Å². The van der Waals surface area contributed by atoms with Gasteiger partial charge in [-0.25, -0.2) is 17.5 Å². The molecule has 0 amide bonds. The van der Waals surface area contributed by atoms with Gasteiger partial charge < -0.3 is 0 Å². The minimum absolute atomic E-state index is 0.0402. The van der Waals surface area contributed by atoms with Crippen LogP contribution in [0.15, 0.2) is 24.3 Å². The fraction of sp³-hybridized carbons (Fsp3) is 0.333. The Morgan fingerprint density at radius 1 is 1.40 bits per heavy atom. The van der Waals surface area contributed by atoms with E-state index in [1.165, 1.54) is 18.2 Å². The lowest BCUT2D eigenvalue weighted by atomic mass is 10.2. The van der Waals surface area contributed by atoms with Crippen LogP contribution in [0.1, 0.15) is 5.56 Å². The summed E-state index contributed by atoms with van der Waals surface area (Å²) in [4.78, 5) is 0. The van der Waals surface area contributed by atoms with Crippen molar-refractivity contribution in [2.24, 2.45) is 0 Å². The highest BCUT2D eigenvalue weighted by atomic mass is 35.5. The van der Waals surface area contributed by atoms with Crippen molar-refractivity contribution in [1.82, 2.24) is 4.72 Å². The van der Waals surface area contributed by atoms with E-state index < -0.39 is 10.0 Å². The first-order valence-electron chi connectivity index (χ1n) is 4.31. The van der Waals surface area contributed by atoms with Crippen LogP contribution in [0, 0.1) is 5.82 Å². The van der Waals surface area contributed by atoms with Crippen molar-refractivity contribution in [2.75, 3.05) is 11.6 Å². The maximum Gasteiger partial charge on any atom is 0.213 e. The predicted octanol–water partition coefficient (Wildman–Crippen LogP) is 1.48. The lowest BCUT2D eigenvalue weighted by Crippen LogP contribution is -2.26. The van der Waals surface area contributed by atoms with Gasteiger partial charge in [0.25, 0.3) is 0 Å². The van der Waals surface area contributed by atoms with Crippen molar-refractivity contribution in [1.29, 1.82) is 0 Å². The highest BCUT2D eigenvalue weighted by Crippen LogP contribution is 2.03. The van der Waals surface area contributed by atoms with Gasteiger partial charge in [-0.2, -0.15) is 0 Å². The second-order valence-corrected chi connectivity index (χ2v) is 5.26. The molecule has 15 heavy (non-hydrogen) atoms. The molecule has 0 fully saturated rings. The smallest absolute Gasteiger partial charge is 0.212 e. The molecule has 1 aromatic carbocycles. The minimum atomic E-state index is -3.35. The monoisotopic (exact) mass is 251 g/mol. The summed E-state index contributed by atoms with van der Waals surface area (Å²) in [7, 11) is -3.35. The Morgan fingerprint density at radius 3 is 2.73 bits per heavy atom. The van der Waals surface area contributed by atoms with Crippen molar-refractivity contribution in [2.45, 2.75) is 6.54 Å². The van der Waals surface area contributed by atoms with Crippen molar-refractivity contribution >= 4 is 21.6 Å². The largest absolute Gasteiger partial charge is 0.213 e. The summed E-state index contributed by atoms with van der Waals surface area (Å²) in [5, 5.41) is 0. The predicted molar refractivity (Wildman–Crippen MR) is 57.7 cm³/mol. The summed E-state index contributed by atoms with van der Waals surface area (Å²) in [6.07, 6.45) is 0. The van der Waals surface area contributed by atoms with Gasteiger partial charge in [-0.1, -0.05) is 12.1 Å². The lowest BCUT2D eigenvalue weighted by molar-refractivity contribution is 0.581. The Balaban J connectivity index is 2.58. The topological polar surface area (TPSA) is 46.2 Å². The molecule has 0 aliphatic heterocycles. The van der Waals surface area contributed by atoms with Gasteiger partial charge in [0, 0.05) is 12.4 Å². The Kier molecular flexibility index (Phi) is 4.50. The highest BCUT2D eigenvalue weighted by molar-refractivity contribution is 7.89. The van der Waals surface area contributed by atoms with Crippen LogP contribution < -0.4 is 4.72 Å². The van der Waals surface area contributed by atoms with Crippen LogP contribution in [-0.2, 0) is 16.6 Å². The normalized spacial score (nSPS) is 11.6. The van der Waals surface area contributed by atoms with Gasteiger partial charge in [-0.05, 0) is 17.7 Å². The van der Waals surface area contributed by atoms with E-state index in [0.717, 1.165) is 0 Å². The average molecular weight is 252 g/mol. The zero-order valence-corrected chi connectivity index (χ0v) is 9.48. The number of benzene rings is 1. The summed E-state index contributed by atoms with van der Waals surface area (Å²) in [6.45, 7) is 0.0803. The van der Waals surface area contributed by atoms with Crippen LogP contribution in [0.2, 0.25) is 0 Å². The van der Waals surface area contributed by atoms with Crippen LogP contribution in [0.3, 0.4) is 0 Å². The third kappa shape index (κ3) is 4.59. The molecule has 0 unspecified atom stereocenters. The molecule has 1 rings (SSSR count). The molecule has 84 valence electrons. The Morgan fingerprint density at radius 2 is 2.13 bits per heavy atom. The van der Waals surface area contributed by atoms with E-state index in [1.807, 2.05) is 0 Å². The number of hydrogen-bond acceptors (Lipinski definition) is 2. The second-order valence-electron chi connectivity index (χ2n) is 2.96. The summed E-state index contributed by atoms with van der Waals surface area (Å²) in [6, 6.07) is 5.76. The minimum Gasteiger partial charge on any atom is -0.212 e. The molecule has 6 heteroatoms. The molecular formula is C9H11ClFNO2S. The molecule has 0 heterocycles. The van der Waals surface area contributed by atoms with Crippen LogP contribution >= 0.6 is 11.6 Å². The quantitative estimate of drug-likeness (QED) is 0.806. The number of halogens is 2. The SMILES string of the molecule is O=S(=O)(CCCl)NCc1cccc(F)c1. The zero-order chi connectivity index (χ0) is 11.3. The molecule has 3 nitrogen and oxygen atoms in total. The summed E-state index contributed by atoms with van der Waals surface area (Å²) < 4.78 is 37.5. The van der Waals surface area contributed by atoms with E-state index in [4.69, 9.17) is 11.6 Å². The molecule has 0 bridgehead atoms. The van der Waals surface area contributed by atoms with Gasteiger partial charge in [-0.3, -0.25) is 0 Å². The average Bonchev–Trinajstić information content (AvgIpc) is 2.15. The molecule has 1 N–H and O–H groups in total. The van der Waals surface area contributed by atoms with Crippen LogP contribution in [0.5, 0.6) is 0 Å². The number of sulfonamides is 1. The molecule has 0 radical (unpaired) electrons. The number of nitrogens with one attached hydrogen (secondary N) is 1. The third-order valence-electron chi connectivity index (χ3n) is 1.73. The Labute approximate surface area is 93.3 Å². The van der Waals surface area contributed by atoms with Gasteiger partial charge in [0.1, 0.15) is 5.82 Å². The second kappa shape index (κ2) is 5.44. The Bertz CT molecular complexity index is 422. The van der Waals surface area contributed by atoms with E-state index >= 15 is 0 Å². The van der Waals surface area contributed by atoms with Crippen LogP contribution in [0.25, 0.3) is 0 Å². The van der Waals surface area contributed by atoms with E-state index in [-0.39, 0.29) is 24.0 Å². The first-order valence-corrected chi connectivity index (χ1v) is 6.50. The van der Waals surface area contributed by atoms with E-state index in [9.17, 15) is 12.8 Å². The molecule has 1 aromatic rings. The highest BCUT2D eigenvalue weighted by Gasteiger charge is 2.08. The van der Waals surface area contributed by atoms with Crippen molar-refractivity contribution in [3.8, 4) is 0 Å². The molecule has 0 saturated heterocycles. The lowest BCUT2D eigenvalue weighted by Gasteiger charge is -2.04. The third-order valence-corrected chi connectivity index (χ3v) is 3.47. The number of rotatable bonds is 5. The molecule has 0 atom stereocenters. The van der Waals surface area contributed by atoms with Crippen molar-refractivity contribution < 1.29 is 12.8 Å². The standard InChI is InChI=1S/C9H11ClFNO2S/c10-4-5-15(13,14)12-7-8-2-1-3-9(11)6-8/h1-3,6,12H,4-5,7H2. The molecule has 0 aromatic heterocycles. The maximum atomic E-state index is 12.7. The van der Waals surface area contributed by atoms with Gasteiger partial charge in [0.15, 0.2) is 0 Å². The zero-order valence-electron chi connectivity index (χ0n) is 7.91. The molecule has 0 saturated carbocycles. The van der Waals surface area contributed by atoms with Gasteiger partial charge in [0.2, 0.25) is 10.0 Å². The molecule has 0 spiro atoms. The Hall–Kier alpha value is -0.650. The molecule has 0 aliphatic carbocycles. The van der Waals surface area contributed by atoms with Crippen LogP contribution in [0.4, 0.5) is 4.39 Å². The van der Waals surface area contributed by atoms with Crippen molar-refractivity contribution in [3.05, 3.63) is 35.6 Å². The van der Waals surface area contributed by atoms with Gasteiger partial charge in [-0.15, -0.1) is 11.6 Å². The maximum absolute atomic E-state index is 12.7. The number of hydrogen-bond donors (Lipinski definition) is 1. The summed E-state index contributed by atoms with van der Waals surface area (Å²) in [5.41, 5.74) is 0.577. The first kappa shape index (κ1) is 12.4. The summed E-state index contributed by atoms with van der Waals surface area (Å²) in [5.74, 6) is -0.480. The van der Waals surface area contributed by atoms with E-state index in [0.29, 0.717) is 5.56 Å². The fourth-order valence-electron chi connectivity index (χ4n) is 1.01. The summed E-state index contributed by atoms with van der Waals surface area (Å²) >= 11 is 5.31. The molecule has 0 aliphatic rings. The van der Waals surface area contributed by atoms with E-state index in [2.05, 4.69) is 4.72 Å². The van der Waals surface area contributed by atoms with Crippen LogP contribution in [-0.4, -0.2) is 20.1 Å². The fourth-order valence-corrected chi connectivity index (χ4v) is 2.36. The van der Waals surface area contributed by atoms with E-state index in [1.54, 1.807) is 6.07 Å². The number of alkyl halides is 1. The molecular weight excluding hydrogens is 241 g/mol.